The van der Waals surface area contributed by atoms with Crippen molar-refractivity contribution in [3.8, 4) is 6.07 Å². The third-order valence-corrected chi connectivity index (χ3v) is 4.84. The molecule has 3 aromatic rings. The third kappa shape index (κ3) is 4.96. The number of nitriles is 1. The molecule has 0 spiro atoms. The lowest BCUT2D eigenvalue weighted by molar-refractivity contribution is -0.116. The molecular weight excluding hydrogens is 368 g/mol. The van der Waals surface area contributed by atoms with Crippen LogP contribution in [0.1, 0.15) is 28.0 Å². The molecule has 0 saturated heterocycles. The van der Waals surface area contributed by atoms with E-state index in [1.807, 2.05) is 12.1 Å². The Labute approximate surface area is 159 Å². The van der Waals surface area contributed by atoms with Gasteiger partial charge in [0.15, 0.2) is 5.13 Å². The topological polar surface area (TPSA) is 65.8 Å². The van der Waals surface area contributed by atoms with Gasteiger partial charge in [-0.2, -0.15) is 5.26 Å². The molecule has 0 radical (unpaired) electrons. The van der Waals surface area contributed by atoms with Crippen molar-refractivity contribution in [1.29, 1.82) is 5.26 Å². The molecule has 0 atom stereocenters. The lowest BCUT2D eigenvalue weighted by atomic mass is 10.1. The summed E-state index contributed by atoms with van der Waals surface area (Å²) in [6.07, 6.45) is 2.25. The second kappa shape index (κ2) is 8.52. The number of amides is 1. The van der Waals surface area contributed by atoms with Crippen LogP contribution < -0.4 is 5.32 Å². The summed E-state index contributed by atoms with van der Waals surface area (Å²) in [5.74, 6) is -1.65. The second-order valence-corrected chi connectivity index (χ2v) is 6.98. The number of nitrogens with one attached hydrogen (secondary N) is 1. The van der Waals surface area contributed by atoms with Crippen molar-refractivity contribution in [3.05, 3.63) is 81.9 Å². The number of halogens is 2. The van der Waals surface area contributed by atoms with E-state index in [1.54, 1.807) is 18.3 Å². The van der Waals surface area contributed by atoms with Crippen molar-refractivity contribution in [1.82, 2.24) is 4.98 Å². The fraction of sp³-hybridized carbons (Fsp3) is 0.150. The summed E-state index contributed by atoms with van der Waals surface area (Å²) in [6.45, 7) is 0. The minimum atomic E-state index is -0.651. The number of benzene rings is 2. The molecule has 0 unspecified atom stereocenters. The molecule has 4 nitrogen and oxygen atoms in total. The van der Waals surface area contributed by atoms with Gasteiger partial charge in [-0.15, -0.1) is 11.3 Å². The first-order valence-electron chi connectivity index (χ1n) is 8.21. The van der Waals surface area contributed by atoms with Crippen LogP contribution in [0, 0.1) is 23.0 Å². The Bertz CT molecular complexity index is 973. The molecule has 1 heterocycles. The number of hydrogen-bond donors (Lipinski definition) is 1. The molecule has 27 heavy (non-hydrogen) atoms. The zero-order chi connectivity index (χ0) is 19.2. The number of carbonyl (C=O) groups excluding carboxylic acids is 1. The zero-order valence-electron chi connectivity index (χ0n) is 14.2. The van der Waals surface area contributed by atoms with E-state index in [0.29, 0.717) is 17.1 Å². The van der Waals surface area contributed by atoms with E-state index in [0.717, 1.165) is 10.4 Å². The molecule has 1 amide bonds. The lowest BCUT2D eigenvalue weighted by Gasteiger charge is -2.04. The van der Waals surface area contributed by atoms with Crippen LogP contribution in [0.5, 0.6) is 0 Å². The summed E-state index contributed by atoms with van der Waals surface area (Å²) in [4.78, 5) is 17.1. The second-order valence-electron chi connectivity index (χ2n) is 5.87. The van der Waals surface area contributed by atoms with Crippen molar-refractivity contribution in [3.63, 3.8) is 0 Å². The highest BCUT2D eigenvalue weighted by atomic mass is 32.1. The van der Waals surface area contributed by atoms with Gasteiger partial charge < -0.3 is 5.32 Å². The van der Waals surface area contributed by atoms with Gasteiger partial charge >= 0.3 is 0 Å². The molecular formula is C20H15F2N3OS. The summed E-state index contributed by atoms with van der Waals surface area (Å²) in [6, 6.07) is 13.0. The number of nitrogens with zero attached hydrogens (tertiary/aromatic N) is 2. The molecule has 0 aliphatic carbocycles. The van der Waals surface area contributed by atoms with Gasteiger partial charge in [0.1, 0.15) is 11.6 Å². The highest BCUT2D eigenvalue weighted by Crippen LogP contribution is 2.22. The van der Waals surface area contributed by atoms with Crippen molar-refractivity contribution in [2.75, 3.05) is 5.32 Å². The van der Waals surface area contributed by atoms with Crippen LogP contribution in [-0.4, -0.2) is 10.9 Å². The maximum atomic E-state index is 13.6. The maximum Gasteiger partial charge on any atom is 0.226 e. The Morgan fingerprint density at radius 2 is 1.85 bits per heavy atom. The summed E-state index contributed by atoms with van der Waals surface area (Å²) >= 11 is 1.34. The highest BCUT2D eigenvalue weighted by Gasteiger charge is 2.12. The van der Waals surface area contributed by atoms with Crippen LogP contribution in [0.25, 0.3) is 0 Å². The van der Waals surface area contributed by atoms with Gasteiger partial charge in [0.25, 0.3) is 0 Å². The van der Waals surface area contributed by atoms with Crippen LogP contribution >= 0.6 is 11.3 Å². The number of hydrogen-bond acceptors (Lipinski definition) is 4. The van der Waals surface area contributed by atoms with E-state index >= 15 is 0 Å². The van der Waals surface area contributed by atoms with Gasteiger partial charge in [-0.1, -0.05) is 18.2 Å². The van der Waals surface area contributed by atoms with Gasteiger partial charge in [0.2, 0.25) is 5.91 Å². The van der Waals surface area contributed by atoms with Gasteiger partial charge in [-0.05, 0) is 36.2 Å². The maximum absolute atomic E-state index is 13.6. The standard InChI is InChI=1S/C20H15F2N3OS/c21-17-2-1-3-18(22)16(17)8-9-19(26)25-20-24-12-15(27-20)10-13-4-6-14(11-23)7-5-13/h1-7,12H,8-10H2,(H,24,25,26). The predicted molar refractivity (Wildman–Crippen MR) is 99.4 cm³/mol. The first kappa shape index (κ1) is 18.7. The Morgan fingerprint density at radius 3 is 2.52 bits per heavy atom. The van der Waals surface area contributed by atoms with E-state index in [4.69, 9.17) is 5.26 Å². The molecule has 1 aromatic heterocycles. The van der Waals surface area contributed by atoms with Crippen molar-refractivity contribution in [2.45, 2.75) is 19.3 Å². The molecule has 0 bridgehead atoms. The predicted octanol–water partition coefficient (Wildman–Crippen LogP) is 4.46. The molecule has 0 aliphatic heterocycles. The normalized spacial score (nSPS) is 10.4. The third-order valence-electron chi connectivity index (χ3n) is 3.93. The van der Waals surface area contributed by atoms with E-state index in [2.05, 4.69) is 16.4 Å². The van der Waals surface area contributed by atoms with Crippen LogP contribution in [-0.2, 0) is 17.6 Å². The quantitative estimate of drug-likeness (QED) is 0.684. The van der Waals surface area contributed by atoms with E-state index in [9.17, 15) is 13.6 Å². The number of rotatable bonds is 6. The largest absolute Gasteiger partial charge is 0.302 e. The average Bonchev–Trinajstić information content (AvgIpc) is 3.08. The summed E-state index contributed by atoms with van der Waals surface area (Å²) in [5.41, 5.74) is 1.54. The van der Waals surface area contributed by atoms with Crippen LogP contribution in [0.3, 0.4) is 0 Å². The summed E-state index contributed by atoms with van der Waals surface area (Å²) < 4.78 is 27.2. The first-order valence-corrected chi connectivity index (χ1v) is 9.03. The van der Waals surface area contributed by atoms with Crippen LogP contribution in [0.2, 0.25) is 0 Å². The number of aromatic nitrogens is 1. The van der Waals surface area contributed by atoms with Gasteiger partial charge in [-0.25, -0.2) is 13.8 Å². The van der Waals surface area contributed by atoms with Crippen LogP contribution in [0.15, 0.2) is 48.7 Å². The fourth-order valence-electron chi connectivity index (χ4n) is 2.54. The Hall–Kier alpha value is -3.11. The number of thiazole rings is 1. The summed E-state index contributed by atoms with van der Waals surface area (Å²) in [7, 11) is 0. The summed E-state index contributed by atoms with van der Waals surface area (Å²) in [5, 5.41) is 11.9. The highest BCUT2D eigenvalue weighted by molar-refractivity contribution is 7.15. The minimum absolute atomic E-state index is 0.0200. The monoisotopic (exact) mass is 383 g/mol. The molecule has 136 valence electrons. The van der Waals surface area contributed by atoms with Gasteiger partial charge in [-0.3, -0.25) is 4.79 Å². The minimum Gasteiger partial charge on any atom is -0.302 e. The van der Waals surface area contributed by atoms with E-state index in [1.165, 1.54) is 29.5 Å². The van der Waals surface area contributed by atoms with E-state index < -0.39 is 11.6 Å². The molecule has 1 N–H and O–H groups in total. The van der Waals surface area contributed by atoms with Gasteiger partial charge in [0.05, 0.1) is 11.6 Å². The van der Waals surface area contributed by atoms with Crippen molar-refractivity contribution >= 4 is 22.4 Å². The smallest absolute Gasteiger partial charge is 0.226 e. The lowest BCUT2D eigenvalue weighted by Crippen LogP contribution is -2.13. The SMILES string of the molecule is N#Cc1ccc(Cc2cnc(NC(=O)CCc3c(F)cccc3F)s2)cc1. The molecule has 0 aliphatic rings. The van der Waals surface area contributed by atoms with Crippen molar-refractivity contribution < 1.29 is 13.6 Å². The zero-order valence-corrected chi connectivity index (χ0v) is 15.0. The first-order chi connectivity index (χ1) is 13.0. The average molecular weight is 383 g/mol. The molecule has 0 saturated carbocycles. The van der Waals surface area contributed by atoms with E-state index in [-0.39, 0.29) is 24.3 Å². The molecule has 7 heteroatoms. The Balaban J connectivity index is 1.55. The number of carbonyl (C=O) groups is 1. The fourth-order valence-corrected chi connectivity index (χ4v) is 3.40. The molecule has 2 aromatic carbocycles. The van der Waals surface area contributed by atoms with Crippen molar-refractivity contribution in [2.24, 2.45) is 0 Å². The number of anilines is 1. The molecule has 3 rings (SSSR count). The van der Waals surface area contributed by atoms with Gasteiger partial charge in [0, 0.05) is 29.5 Å². The Kier molecular flexibility index (Phi) is 5.89. The molecule has 0 fully saturated rings. The Morgan fingerprint density at radius 1 is 1.15 bits per heavy atom. The van der Waals surface area contributed by atoms with Crippen LogP contribution in [0.4, 0.5) is 13.9 Å².